The Morgan fingerprint density at radius 3 is 2.57 bits per heavy atom. The SMILES string of the molecule is COc1cc(/C=C2\C(=O)NC(=S)N(c3ccccc3F)C2=O)cc(I)c1OCc1ccccc1Cl. The fraction of sp³-hybridized carbons (Fsp3) is 0.0800. The molecule has 0 saturated carbocycles. The van der Waals surface area contributed by atoms with E-state index in [9.17, 15) is 14.0 Å². The summed E-state index contributed by atoms with van der Waals surface area (Å²) in [4.78, 5) is 26.7. The van der Waals surface area contributed by atoms with Crippen LogP contribution in [0.3, 0.4) is 0 Å². The van der Waals surface area contributed by atoms with Gasteiger partial charge in [0.25, 0.3) is 11.8 Å². The number of rotatable bonds is 6. The Balaban J connectivity index is 1.66. The number of nitrogens with one attached hydrogen (secondary N) is 1. The molecule has 0 unspecified atom stereocenters. The van der Waals surface area contributed by atoms with Crippen molar-refractivity contribution in [1.82, 2.24) is 5.32 Å². The molecule has 0 bridgehead atoms. The first-order valence-electron chi connectivity index (χ1n) is 10.2. The average molecular weight is 623 g/mol. The van der Waals surface area contributed by atoms with E-state index in [1.54, 1.807) is 24.3 Å². The van der Waals surface area contributed by atoms with Crippen molar-refractivity contribution in [3.63, 3.8) is 0 Å². The number of carbonyl (C=O) groups is 2. The molecule has 178 valence electrons. The molecule has 3 aromatic carbocycles. The molecule has 4 rings (SSSR count). The third-order valence-corrected chi connectivity index (χ3v) is 6.54. The number of methoxy groups -OCH3 is 1. The maximum atomic E-state index is 14.4. The Labute approximate surface area is 224 Å². The van der Waals surface area contributed by atoms with E-state index < -0.39 is 17.6 Å². The van der Waals surface area contributed by atoms with Crippen molar-refractivity contribution < 1.29 is 23.5 Å². The van der Waals surface area contributed by atoms with E-state index in [-0.39, 0.29) is 23.0 Å². The van der Waals surface area contributed by atoms with E-state index in [2.05, 4.69) is 27.9 Å². The summed E-state index contributed by atoms with van der Waals surface area (Å²) in [5, 5.41) is 2.84. The van der Waals surface area contributed by atoms with Crippen molar-refractivity contribution in [2.24, 2.45) is 0 Å². The van der Waals surface area contributed by atoms with Gasteiger partial charge in [0.1, 0.15) is 18.0 Å². The van der Waals surface area contributed by atoms with E-state index in [0.717, 1.165) is 10.5 Å². The first-order chi connectivity index (χ1) is 16.8. The molecule has 0 radical (unpaired) electrons. The highest BCUT2D eigenvalue weighted by Crippen LogP contribution is 2.36. The van der Waals surface area contributed by atoms with Crippen LogP contribution in [0.2, 0.25) is 5.02 Å². The van der Waals surface area contributed by atoms with Gasteiger partial charge in [-0.2, -0.15) is 0 Å². The zero-order chi connectivity index (χ0) is 25.1. The van der Waals surface area contributed by atoms with Gasteiger partial charge in [-0.15, -0.1) is 0 Å². The quantitative estimate of drug-likeness (QED) is 0.170. The second kappa shape index (κ2) is 10.7. The summed E-state index contributed by atoms with van der Waals surface area (Å²) >= 11 is 13.4. The summed E-state index contributed by atoms with van der Waals surface area (Å²) in [6.45, 7) is 0.225. The summed E-state index contributed by atoms with van der Waals surface area (Å²) < 4.78 is 26.5. The molecule has 1 heterocycles. The highest BCUT2D eigenvalue weighted by Gasteiger charge is 2.35. The zero-order valence-electron chi connectivity index (χ0n) is 18.2. The standard InChI is InChI=1S/C25H17ClFIN2O4S/c1-33-21-12-14(11-19(28)22(21)34-13-15-6-2-3-7-17(15)26)10-16-23(31)29-25(35)30(24(16)32)20-9-5-4-8-18(20)27/h2-12H,13H2,1H3,(H,29,31,35)/b16-10+. The highest BCUT2D eigenvalue weighted by atomic mass is 127. The van der Waals surface area contributed by atoms with Crippen molar-refractivity contribution in [3.05, 3.63) is 91.8 Å². The molecular weight excluding hydrogens is 606 g/mol. The van der Waals surface area contributed by atoms with Crippen LogP contribution in [0.15, 0.2) is 66.2 Å². The molecule has 6 nitrogen and oxygen atoms in total. The number of halogens is 3. The smallest absolute Gasteiger partial charge is 0.270 e. The third kappa shape index (κ3) is 5.31. The monoisotopic (exact) mass is 622 g/mol. The van der Waals surface area contributed by atoms with E-state index in [4.69, 9.17) is 33.3 Å². The lowest BCUT2D eigenvalue weighted by atomic mass is 10.1. The largest absolute Gasteiger partial charge is 0.493 e. The molecule has 2 amide bonds. The maximum Gasteiger partial charge on any atom is 0.270 e. The van der Waals surface area contributed by atoms with Gasteiger partial charge in [0.15, 0.2) is 16.6 Å². The van der Waals surface area contributed by atoms with E-state index in [1.165, 1.54) is 31.4 Å². The molecule has 1 fully saturated rings. The van der Waals surface area contributed by atoms with Crippen LogP contribution in [0.5, 0.6) is 11.5 Å². The van der Waals surface area contributed by atoms with Gasteiger partial charge in [-0.3, -0.25) is 14.9 Å². The predicted molar refractivity (Wildman–Crippen MR) is 144 cm³/mol. The molecule has 1 N–H and O–H groups in total. The number of hydrogen-bond donors (Lipinski definition) is 1. The van der Waals surface area contributed by atoms with Crippen LogP contribution < -0.4 is 19.7 Å². The number of benzene rings is 3. The Morgan fingerprint density at radius 2 is 1.86 bits per heavy atom. The fourth-order valence-electron chi connectivity index (χ4n) is 3.40. The summed E-state index contributed by atoms with van der Waals surface area (Å²) in [6, 6.07) is 16.4. The molecule has 0 aromatic heterocycles. The Kier molecular flexibility index (Phi) is 7.68. The molecule has 3 aromatic rings. The second-order valence-electron chi connectivity index (χ2n) is 7.32. The van der Waals surface area contributed by atoms with Crippen LogP contribution >= 0.6 is 46.4 Å². The van der Waals surface area contributed by atoms with Crippen LogP contribution in [-0.2, 0) is 16.2 Å². The molecule has 1 aliphatic heterocycles. The van der Waals surface area contributed by atoms with Crippen LogP contribution in [0.4, 0.5) is 10.1 Å². The van der Waals surface area contributed by atoms with E-state index in [0.29, 0.717) is 25.7 Å². The molecular formula is C25H17ClFIN2O4S. The maximum absolute atomic E-state index is 14.4. The van der Waals surface area contributed by atoms with Gasteiger partial charge in [-0.25, -0.2) is 9.29 Å². The van der Waals surface area contributed by atoms with Gasteiger partial charge in [-0.05, 0) is 76.8 Å². The number of nitrogens with zero attached hydrogens (tertiary/aromatic N) is 1. The number of ether oxygens (including phenoxy) is 2. The number of carbonyl (C=O) groups excluding carboxylic acids is 2. The lowest BCUT2D eigenvalue weighted by Crippen LogP contribution is -2.54. The van der Waals surface area contributed by atoms with Crippen molar-refractivity contribution >= 4 is 75.1 Å². The molecule has 1 saturated heterocycles. The number of amides is 2. The van der Waals surface area contributed by atoms with Gasteiger partial charge in [0.2, 0.25) is 0 Å². The highest BCUT2D eigenvalue weighted by molar-refractivity contribution is 14.1. The first-order valence-corrected chi connectivity index (χ1v) is 12.1. The van der Waals surface area contributed by atoms with Crippen molar-refractivity contribution in [2.45, 2.75) is 6.61 Å². The van der Waals surface area contributed by atoms with Crippen LogP contribution in [0.1, 0.15) is 11.1 Å². The van der Waals surface area contributed by atoms with Crippen molar-refractivity contribution in [3.8, 4) is 11.5 Å². The first kappa shape index (κ1) is 25.1. The second-order valence-corrected chi connectivity index (χ2v) is 9.28. The van der Waals surface area contributed by atoms with E-state index in [1.807, 2.05) is 18.2 Å². The molecule has 1 aliphatic rings. The Hall–Kier alpha value is -3.02. The predicted octanol–water partition coefficient (Wildman–Crippen LogP) is 5.50. The third-order valence-electron chi connectivity index (χ3n) is 5.09. The lowest BCUT2D eigenvalue weighted by molar-refractivity contribution is -0.122. The normalized spacial score (nSPS) is 14.8. The minimum atomic E-state index is -0.739. The number of para-hydroxylation sites is 1. The summed E-state index contributed by atoms with van der Waals surface area (Å²) in [7, 11) is 1.49. The lowest BCUT2D eigenvalue weighted by Gasteiger charge is -2.29. The summed E-state index contributed by atoms with van der Waals surface area (Å²) in [5.41, 5.74) is 1.07. The number of anilines is 1. The Bertz CT molecular complexity index is 1380. The topological polar surface area (TPSA) is 67.9 Å². The fourth-order valence-corrected chi connectivity index (χ4v) is 4.65. The van der Waals surface area contributed by atoms with Gasteiger partial charge in [-0.1, -0.05) is 41.9 Å². The van der Waals surface area contributed by atoms with E-state index >= 15 is 0 Å². The van der Waals surface area contributed by atoms with Crippen LogP contribution in [0, 0.1) is 9.39 Å². The summed E-state index contributed by atoms with van der Waals surface area (Å²) in [6.07, 6.45) is 1.40. The van der Waals surface area contributed by atoms with Crippen molar-refractivity contribution in [1.29, 1.82) is 0 Å². The molecule has 10 heteroatoms. The average Bonchev–Trinajstić information content (AvgIpc) is 2.83. The van der Waals surface area contributed by atoms with Crippen LogP contribution in [-0.4, -0.2) is 24.0 Å². The van der Waals surface area contributed by atoms with Gasteiger partial charge in [0.05, 0.1) is 16.4 Å². The molecule has 0 spiro atoms. The minimum absolute atomic E-state index is 0.0520. The number of thiocarbonyl (C=S) groups is 1. The zero-order valence-corrected chi connectivity index (χ0v) is 21.9. The molecule has 0 aliphatic carbocycles. The van der Waals surface area contributed by atoms with Crippen LogP contribution in [0.25, 0.3) is 6.08 Å². The van der Waals surface area contributed by atoms with Gasteiger partial charge in [0, 0.05) is 10.6 Å². The summed E-state index contributed by atoms with van der Waals surface area (Å²) in [5.74, 6) is -1.17. The Morgan fingerprint density at radius 1 is 1.14 bits per heavy atom. The number of hydrogen-bond acceptors (Lipinski definition) is 5. The molecule has 35 heavy (non-hydrogen) atoms. The van der Waals surface area contributed by atoms with Gasteiger partial charge < -0.3 is 9.47 Å². The molecule has 0 atom stereocenters. The van der Waals surface area contributed by atoms with Crippen molar-refractivity contribution in [2.75, 3.05) is 12.0 Å². The minimum Gasteiger partial charge on any atom is -0.493 e. The van der Waals surface area contributed by atoms with Gasteiger partial charge >= 0.3 is 0 Å².